The van der Waals surface area contributed by atoms with Gasteiger partial charge in [-0.05, 0) is 43.3 Å². The van der Waals surface area contributed by atoms with Gasteiger partial charge >= 0.3 is 0 Å². The van der Waals surface area contributed by atoms with E-state index in [1.807, 2.05) is 42.5 Å². The molecule has 6 nitrogen and oxygen atoms in total. The molecule has 0 unspecified atom stereocenters. The van der Waals surface area contributed by atoms with Crippen molar-refractivity contribution >= 4 is 28.9 Å². The summed E-state index contributed by atoms with van der Waals surface area (Å²) in [5, 5.41) is 4.16. The predicted octanol–water partition coefficient (Wildman–Crippen LogP) is 3.67. The Hall–Kier alpha value is -2.44. The van der Waals surface area contributed by atoms with Crippen molar-refractivity contribution in [3.63, 3.8) is 0 Å². The van der Waals surface area contributed by atoms with Crippen molar-refractivity contribution in [3.8, 4) is 5.75 Å². The summed E-state index contributed by atoms with van der Waals surface area (Å²) in [4.78, 5) is 18.7. The van der Waals surface area contributed by atoms with Gasteiger partial charge in [-0.15, -0.1) is 0 Å². The van der Waals surface area contributed by atoms with E-state index in [-0.39, 0.29) is 5.91 Å². The van der Waals surface area contributed by atoms with Gasteiger partial charge in [-0.1, -0.05) is 23.7 Å². The van der Waals surface area contributed by atoms with Crippen LogP contribution < -0.4 is 15.0 Å². The minimum atomic E-state index is 0.0191. The van der Waals surface area contributed by atoms with Crippen LogP contribution in [-0.2, 0) is 0 Å². The van der Waals surface area contributed by atoms with Crippen LogP contribution in [0.4, 0.5) is 11.4 Å². The van der Waals surface area contributed by atoms with Crippen LogP contribution in [0.5, 0.6) is 5.75 Å². The third-order valence-corrected chi connectivity index (χ3v) is 5.62. The number of nitrogens with zero attached hydrogens (tertiary/aromatic N) is 3. The Balaban J connectivity index is 1.45. The second kappa shape index (κ2) is 10.5. The normalized spacial score (nSPS) is 14.5. The van der Waals surface area contributed by atoms with Gasteiger partial charge < -0.3 is 19.9 Å². The Morgan fingerprint density at radius 1 is 1.13 bits per heavy atom. The topological polar surface area (TPSA) is 48.1 Å². The molecule has 0 bridgehead atoms. The summed E-state index contributed by atoms with van der Waals surface area (Å²) in [6.45, 7) is 5.77. The number of hydrogen-bond acceptors (Lipinski definition) is 5. The first kappa shape index (κ1) is 22.2. The van der Waals surface area contributed by atoms with Gasteiger partial charge in [-0.3, -0.25) is 9.69 Å². The van der Waals surface area contributed by atoms with Gasteiger partial charge in [0, 0.05) is 57.5 Å². The smallest absolute Gasteiger partial charge is 0.255 e. The van der Waals surface area contributed by atoms with E-state index in [0.29, 0.717) is 5.56 Å². The van der Waals surface area contributed by atoms with E-state index in [0.717, 1.165) is 67.8 Å². The van der Waals surface area contributed by atoms with Gasteiger partial charge in [-0.2, -0.15) is 0 Å². The fraction of sp³-hybridized carbons (Fsp3) is 0.435. The standard InChI is InChI=1S/C23H31ClN4O2/c1-26(2)23(29)19-7-4-5-8-20(19)25-11-6-12-27-13-15-28(16-14-27)21-17-18(24)9-10-22(21)30-3/h4-5,7-10,17,25H,6,11-16H2,1-3H3. The molecule has 1 fully saturated rings. The number of carbonyl (C=O) groups excluding carboxylic acids is 1. The number of halogens is 1. The van der Waals surface area contributed by atoms with E-state index in [1.165, 1.54) is 0 Å². The number of piperazine rings is 1. The molecular weight excluding hydrogens is 400 g/mol. The number of rotatable bonds is 8. The van der Waals surface area contributed by atoms with Gasteiger partial charge in [0.05, 0.1) is 18.4 Å². The number of para-hydroxylation sites is 1. The van der Waals surface area contributed by atoms with Crippen LogP contribution in [0, 0.1) is 0 Å². The van der Waals surface area contributed by atoms with Crippen molar-refractivity contribution in [1.82, 2.24) is 9.80 Å². The van der Waals surface area contributed by atoms with Crippen LogP contribution in [0.25, 0.3) is 0 Å². The Bertz CT molecular complexity index is 851. The van der Waals surface area contributed by atoms with Gasteiger partial charge in [0.2, 0.25) is 0 Å². The molecule has 3 rings (SSSR count). The molecular formula is C23H31ClN4O2. The first-order chi connectivity index (χ1) is 14.5. The molecule has 1 saturated heterocycles. The third-order valence-electron chi connectivity index (χ3n) is 5.38. The SMILES string of the molecule is COc1ccc(Cl)cc1N1CCN(CCCNc2ccccc2C(=O)N(C)C)CC1. The number of benzene rings is 2. The molecule has 1 heterocycles. The monoisotopic (exact) mass is 430 g/mol. The van der Waals surface area contributed by atoms with E-state index in [2.05, 4.69) is 15.1 Å². The molecule has 0 saturated carbocycles. The second-order valence-corrected chi connectivity index (χ2v) is 8.11. The average molecular weight is 431 g/mol. The summed E-state index contributed by atoms with van der Waals surface area (Å²) >= 11 is 6.18. The highest BCUT2D eigenvalue weighted by atomic mass is 35.5. The highest BCUT2D eigenvalue weighted by molar-refractivity contribution is 6.30. The molecule has 1 N–H and O–H groups in total. The summed E-state index contributed by atoms with van der Waals surface area (Å²) in [6, 6.07) is 13.5. The lowest BCUT2D eigenvalue weighted by molar-refractivity contribution is 0.0828. The predicted molar refractivity (Wildman–Crippen MR) is 124 cm³/mol. The second-order valence-electron chi connectivity index (χ2n) is 7.67. The Labute approximate surface area is 184 Å². The van der Waals surface area contributed by atoms with Crippen molar-refractivity contribution < 1.29 is 9.53 Å². The molecule has 1 aliphatic rings. The van der Waals surface area contributed by atoms with Crippen LogP contribution in [0.15, 0.2) is 42.5 Å². The molecule has 0 radical (unpaired) electrons. The van der Waals surface area contributed by atoms with Crippen LogP contribution in [0.2, 0.25) is 5.02 Å². The van der Waals surface area contributed by atoms with Crippen molar-refractivity contribution in [2.45, 2.75) is 6.42 Å². The molecule has 0 aliphatic carbocycles. The summed E-state index contributed by atoms with van der Waals surface area (Å²) < 4.78 is 5.49. The van der Waals surface area contributed by atoms with Gasteiger partial charge in [-0.25, -0.2) is 0 Å². The molecule has 0 atom stereocenters. The minimum Gasteiger partial charge on any atom is -0.495 e. The molecule has 1 amide bonds. The molecule has 30 heavy (non-hydrogen) atoms. The molecule has 0 spiro atoms. The first-order valence-electron chi connectivity index (χ1n) is 10.3. The zero-order valence-corrected chi connectivity index (χ0v) is 18.8. The van der Waals surface area contributed by atoms with E-state index < -0.39 is 0 Å². The van der Waals surface area contributed by atoms with Crippen molar-refractivity contribution in [2.75, 3.05) is 70.7 Å². The first-order valence-corrected chi connectivity index (χ1v) is 10.7. The Morgan fingerprint density at radius 2 is 1.87 bits per heavy atom. The van der Waals surface area contributed by atoms with Crippen LogP contribution in [0.3, 0.4) is 0 Å². The maximum Gasteiger partial charge on any atom is 0.255 e. The third kappa shape index (κ3) is 5.58. The molecule has 162 valence electrons. The molecule has 7 heteroatoms. The molecule has 2 aromatic rings. The van der Waals surface area contributed by atoms with Crippen LogP contribution >= 0.6 is 11.6 Å². The highest BCUT2D eigenvalue weighted by Gasteiger charge is 2.20. The Kier molecular flexibility index (Phi) is 7.82. The fourth-order valence-corrected chi connectivity index (χ4v) is 3.88. The summed E-state index contributed by atoms with van der Waals surface area (Å²) in [6.07, 6.45) is 1.02. The quantitative estimate of drug-likeness (QED) is 0.647. The van der Waals surface area contributed by atoms with E-state index >= 15 is 0 Å². The number of anilines is 2. The lowest BCUT2D eigenvalue weighted by Crippen LogP contribution is -2.47. The Morgan fingerprint density at radius 3 is 2.57 bits per heavy atom. The summed E-state index contributed by atoms with van der Waals surface area (Å²) in [5.74, 6) is 0.883. The number of carbonyl (C=O) groups is 1. The highest BCUT2D eigenvalue weighted by Crippen LogP contribution is 2.31. The maximum absolute atomic E-state index is 12.3. The fourth-order valence-electron chi connectivity index (χ4n) is 3.71. The minimum absolute atomic E-state index is 0.0191. The maximum atomic E-state index is 12.3. The zero-order chi connectivity index (χ0) is 21.5. The molecule has 1 aliphatic heterocycles. The molecule has 0 aromatic heterocycles. The van der Waals surface area contributed by atoms with Crippen molar-refractivity contribution in [1.29, 1.82) is 0 Å². The largest absolute Gasteiger partial charge is 0.495 e. The van der Waals surface area contributed by atoms with E-state index in [1.54, 1.807) is 26.1 Å². The van der Waals surface area contributed by atoms with Gasteiger partial charge in [0.25, 0.3) is 5.91 Å². The number of hydrogen-bond donors (Lipinski definition) is 1. The van der Waals surface area contributed by atoms with E-state index in [4.69, 9.17) is 16.3 Å². The van der Waals surface area contributed by atoms with Crippen molar-refractivity contribution in [2.24, 2.45) is 0 Å². The van der Waals surface area contributed by atoms with Crippen molar-refractivity contribution in [3.05, 3.63) is 53.1 Å². The summed E-state index contributed by atoms with van der Waals surface area (Å²) in [5.41, 5.74) is 2.68. The number of ether oxygens (including phenoxy) is 1. The lowest BCUT2D eigenvalue weighted by atomic mass is 10.1. The number of methoxy groups -OCH3 is 1. The van der Waals surface area contributed by atoms with Crippen LogP contribution in [-0.4, -0.2) is 76.2 Å². The van der Waals surface area contributed by atoms with E-state index in [9.17, 15) is 4.79 Å². The van der Waals surface area contributed by atoms with Gasteiger partial charge in [0.1, 0.15) is 5.75 Å². The zero-order valence-electron chi connectivity index (χ0n) is 18.0. The number of nitrogens with one attached hydrogen (secondary N) is 1. The summed E-state index contributed by atoms with van der Waals surface area (Å²) in [7, 11) is 5.25. The van der Waals surface area contributed by atoms with Gasteiger partial charge in [0.15, 0.2) is 0 Å². The average Bonchev–Trinajstić information content (AvgIpc) is 2.77. The molecule has 2 aromatic carbocycles. The lowest BCUT2D eigenvalue weighted by Gasteiger charge is -2.36. The number of amides is 1. The van der Waals surface area contributed by atoms with Crippen LogP contribution in [0.1, 0.15) is 16.8 Å².